The third-order valence-electron chi connectivity index (χ3n) is 7.72. The van der Waals surface area contributed by atoms with Crippen LogP contribution < -0.4 is 10.4 Å². The Morgan fingerprint density at radius 2 is 1.89 bits per heavy atom. The zero-order chi connectivity index (χ0) is 25.4. The zero-order valence-corrected chi connectivity index (χ0v) is 21.1. The molecule has 2 unspecified atom stereocenters. The number of aryl methyl sites for hydroxylation is 2. The molecule has 1 saturated carbocycles. The molecule has 2 heterocycles. The van der Waals surface area contributed by atoms with E-state index < -0.39 is 0 Å². The number of phenols is 1. The smallest absolute Gasteiger partial charge is 0.301 e. The Morgan fingerprint density at radius 1 is 1.06 bits per heavy atom. The van der Waals surface area contributed by atoms with Crippen molar-refractivity contribution in [3.8, 4) is 5.75 Å². The molecule has 2 amide bonds. The van der Waals surface area contributed by atoms with Gasteiger partial charge in [-0.1, -0.05) is 24.6 Å². The van der Waals surface area contributed by atoms with Crippen LogP contribution in [0, 0.1) is 13.8 Å². The van der Waals surface area contributed by atoms with Gasteiger partial charge in [0.05, 0.1) is 17.1 Å². The normalized spacial score (nSPS) is 23.5. The molecule has 0 bridgehead atoms. The molecule has 0 radical (unpaired) electrons. The number of nitrogens with zero attached hydrogens (tertiary/aromatic N) is 4. The van der Waals surface area contributed by atoms with Gasteiger partial charge in [-0.15, -0.1) is 0 Å². The summed E-state index contributed by atoms with van der Waals surface area (Å²) in [5, 5.41) is 21.2. The van der Waals surface area contributed by atoms with Crippen LogP contribution in [-0.2, 0) is 9.59 Å². The van der Waals surface area contributed by atoms with Crippen molar-refractivity contribution in [2.24, 2.45) is 10.2 Å². The maximum absolute atomic E-state index is 13.1. The molecule has 5 rings (SSSR count). The minimum atomic E-state index is -0.315. The summed E-state index contributed by atoms with van der Waals surface area (Å²) in [7, 11) is 0. The number of benzene rings is 2. The number of likely N-dealkylation sites (tertiary alicyclic amines) is 1. The number of carbonyl (C=O) groups excluding carboxylic acids is 2. The molecule has 2 aromatic rings. The Morgan fingerprint density at radius 3 is 2.64 bits per heavy atom. The number of hydrazone groups is 2. The molecule has 1 aliphatic carbocycles. The second-order valence-electron chi connectivity index (χ2n) is 10.1. The van der Waals surface area contributed by atoms with Gasteiger partial charge in [0.15, 0.2) is 5.71 Å². The summed E-state index contributed by atoms with van der Waals surface area (Å²) in [5.74, 6) is 0.253. The molecule has 1 saturated heterocycles. The summed E-state index contributed by atoms with van der Waals surface area (Å²) in [5.41, 5.74) is 7.85. The van der Waals surface area contributed by atoms with Crippen molar-refractivity contribution in [1.82, 2.24) is 4.90 Å². The molecule has 8 heteroatoms. The van der Waals surface area contributed by atoms with Crippen molar-refractivity contribution in [2.45, 2.75) is 71.3 Å². The largest absolute Gasteiger partial charge is 0.505 e. The van der Waals surface area contributed by atoms with Gasteiger partial charge in [-0.2, -0.15) is 15.2 Å². The number of phenolic OH excluding ortho intramolecular Hbond substituents is 1. The van der Waals surface area contributed by atoms with E-state index >= 15 is 0 Å². The van der Waals surface area contributed by atoms with E-state index in [0.717, 1.165) is 55.3 Å². The Labute approximate surface area is 211 Å². The highest BCUT2D eigenvalue weighted by Gasteiger charge is 2.34. The van der Waals surface area contributed by atoms with Gasteiger partial charge >= 0.3 is 5.91 Å². The Hall–Kier alpha value is -3.68. The number of hydrogen-bond donors (Lipinski definition) is 2. The van der Waals surface area contributed by atoms with Crippen molar-refractivity contribution >= 4 is 34.6 Å². The minimum absolute atomic E-state index is 0.145. The maximum atomic E-state index is 13.1. The van der Waals surface area contributed by atoms with Crippen LogP contribution in [0.1, 0.15) is 68.1 Å². The van der Waals surface area contributed by atoms with E-state index in [1.165, 1.54) is 5.01 Å². The number of para-hydroxylation sites is 1. The number of amides is 2. The van der Waals surface area contributed by atoms with E-state index in [1.807, 2.05) is 49.1 Å². The lowest BCUT2D eigenvalue weighted by Crippen LogP contribution is -2.39. The summed E-state index contributed by atoms with van der Waals surface area (Å²) in [6, 6.07) is 11.6. The Bertz CT molecular complexity index is 1270. The molecule has 0 spiro atoms. The van der Waals surface area contributed by atoms with Gasteiger partial charge in [0, 0.05) is 19.0 Å². The summed E-state index contributed by atoms with van der Waals surface area (Å²) in [4.78, 5) is 27.4. The average molecular weight is 488 g/mol. The fourth-order valence-electron chi connectivity index (χ4n) is 5.54. The number of hydrogen-bond acceptors (Lipinski definition) is 6. The Kier molecular flexibility index (Phi) is 6.51. The van der Waals surface area contributed by atoms with Gasteiger partial charge in [0.1, 0.15) is 5.75 Å². The van der Waals surface area contributed by atoms with Crippen LogP contribution in [0.25, 0.3) is 0 Å². The van der Waals surface area contributed by atoms with Crippen LogP contribution in [0.15, 0.2) is 46.6 Å². The lowest BCUT2D eigenvalue weighted by Gasteiger charge is -2.35. The van der Waals surface area contributed by atoms with Crippen molar-refractivity contribution in [1.29, 1.82) is 0 Å². The van der Waals surface area contributed by atoms with Crippen LogP contribution in [0.5, 0.6) is 5.75 Å². The quantitative estimate of drug-likeness (QED) is 0.465. The molecule has 2 N–H and O–H groups in total. The SMILES string of the molecule is CC1=NN(c2ccc(C)c(C)c2)C(=O)/C1=N/Nc1cccc(C2CCCC(N3CCCC3=O)C2)c1O. The number of nitrogens with one attached hydrogen (secondary N) is 1. The number of carbonyl (C=O) groups is 2. The number of rotatable bonds is 5. The van der Waals surface area contributed by atoms with Crippen molar-refractivity contribution in [3.63, 3.8) is 0 Å². The van der Waals surface area contributed by atoms with Crippen LogP contribution in [0.2, 0.25) is 0 Å². The van der Waals surface area contributed by atoms with Gasteiger partial charge < -0.3 is 10.0 Å². The fraction of sp³-hybridized carbons (Fsp3) is 0.429. The second-order valence-corrected chi connectivity index (χ2v) is 10.1. The van der Waals surface area contributed by atoms with Gasteiger partial charge in [-0.25, -0.2) is 0 Å². The molecule has 188 valence electrons. The topological polar surface area (TPSA) is 97.6 Å². The van der Waals surface area contributed by atoms with Crippen molar-refractivity contribution in [2.75, 3.05) is 17.0 Å². The first kappa shape index (κ1) is 24.0. The molecule has 2 fully saturated rings. The van der Waals surface area contributed by atoms with E-state index in [4.69, 9.17) is 0 Å². The molecule has 2 aliphatic heterocycles. The van der Waals surface area contributed by atoms with Crippen LogP contribution in [0.4, 0.5) is 11.4 Å². The molecule has 3 aliphatic rings. The molecule has 2 atom stereocenters. The summed E-state index contributed by atoms with van der Waals surface area (Å²) in [6.07, 6.45) is 5.46. The summed E-state index contributed by atoms with van der Waals surface area (Å²) < 4.78 is 0. The van der Waals surface area contributed by atoms with E-state index in [1.54, 1.807) is 13.0 Å². The third kappa shape index (κ3) is 4.47. The van der Waals surface area contributed by atoms with Crippen LogP contribution >= 0.6 is 0 Å². The highest BCUT2D eigenvalue weighted by Crippen LogP contribution is 2.42. The predicted octanol–water partition coefficient (Wildman–Crippen LogP) is 4.85. The fourth-order valence-corrected chi connectivity index (χ4v) is 5.54. The maximum Gasteiger partial charge on any atom is 0.301 e. The van der Waals surface area contributed by atoms with Gasteiger partial charge in [-0.05, 0) is 87.3 Å². The number of anilines is 2. The summed E-state index contributed by atoms with van der Waals surface area (Å²) >= 11 is 0. The molecule has 36 heavy (non-hydrogen) atoms. The first-order chi connectivity index (χ1) is 17.3. The van der Waals surface area contributed by atoms with Crippen LogP contribution in [0.3, 0.4) is 0 Å². The monoisotopic (exact) mass is 487 g/mol. The lowest BCUT2D eigenvalue weighted by molar-refractivity contribution is -0.130. The van der Waals surface area contributed by atoms with Crippen LogP contribution in [-0.4, -0.2) is 45.8 Å². The molecular formula is C28H33N5O3. The standard InChI is InChI=1S/C28H33N5O3/c1-17-12-13-22(15-18(17)2)33-28(36)26(19(3)31-33)30-29-24-10-5-9-23(27(24)35)20-7-4-8-21(16-20)32-14-6-11-25(32)34/h5,9-10,12-13,15,20-21,29,35H,4,6-8,11,14,16H2,1-3H3/b30-26+. The lowest BCUT2D eigenvalue weighted by atomic mass is 9.80. The number of aromatic hydroxyl groups is 1. The molecule has 8 nitrogen and oxygen atoms in total. The average Bonchev–Trinajstić information content (AvgIpc) is 3.42. The first-order valence-corrected chi connectivity index (χ1v) is 12.8. The molecular weight excluding hydrogens is 454 g/mol. The van der Waals surface area contributed by atoms with Gasteiger partial charge in [0.25, 0.3) is 0 Å². The van der Waals surface area contributed by atoms with E-state index in [0.29, 0.717) is 23.5 Å². The van der Waals surface area contributed by atoms with Gasteiger partial charge in [-0.3, -0.25) is 15.0 Å². The van der Waals surface area contributed by atoms with Crippen molar-refractivity contribution < 1.29 is 14.7 Å². The summed E-state index contributed by atoms with van der Waals surface area (Å²) in [6.45, 7) is 6.61. The van der Waals surface area contributed by atoms with Crippen molar-refractivity contribution in [3.05, 3.63) is 53.1 Å². The molecule has 2 aromatic carbocycles. The third-order valence-corrected chi connectivity index (χ3v) is 7.72. The van der Waals surface area contributed by atoms with E-state index in [9.17, 15) is 14.7 Å². The zero-order valence-electron chi connectivity index (χ0n) is 21.1. The Balaban J connectivity index is 1.32. The highest BCUT2D eigenvalue weighted by atomic mass is 16.3. The second kappa shape index (κ2) is 9.76. The molecule has 0 aromatic heterocycles. The van der Waals surface area contributed by atoms with Gasteiger partial charge in [0.2, 0.25) is 5.91 Å². The predicted molar refractivity (Wildman–Crippen MR) is 142 cm³/mol. The minimum Gasteiger partial charge on any atom is -0.505 e. The first-order valence-electron chi connectivity index (χ1n) is 12.8. The highest BCUT2D eigenvalue weighted by molar-refractivity contribution is 6.71. The van der Waals surface area contributed by atoms with E-state index in [-0.39, 0.29) is 35.2 Å². The van der Waals surface area contributed by atoms with E-state index in [2.05, 4.69) is 15.6 Å².